The van der Waals surface area contributed by atoms with E-state index in [1.54, 1.807) is 12.1 Å². The second-order valence-corrected chi connectivity index (χ2v) is 7.48. The topological polar surface area (TPSA) is 77.4 Å². The molecule has 0 spiro atoms. The van der Waals surface area contributed by atoms with Crippen LogP contribution in [-0.2, 0) is 20.1 Å². The highest BCUT2D eigenvalue weighted by Crippen LogP contribution is 2.28. The molecule has 0 aromatic carbocycles. The molecule has 1 aliphatic heterocycles. The van der Waals surface area contributed by atoms with Crippen LogP contribution in [0.3, 0.4) is 0 Å². The lowest BCUT2D eigenvalue weighted by molar-refractivity contribution is 0.550. The lowest BCUT2D eigenvalue weighted by atomic mass is 9.89. The molecule has 0 radical (unpaired) electrons. The summed E-state index contributed by atoms with van der Waals surface area (Å²) in [6.07, 6.45) is 0.720. The van der Waals surface area contributed by atoms with Gasteiger partial charge in [0.15, 0.2) is 11.2 Å². The molecule has 0 aliphatic carbocycles. The van der Waals surface area contributed by atoms with Crippen LogP contribution in [0.15, 0.2) is 14.7 Å². The first kappa shape index (κ1) is 17.4. The van der Waals surface area contributed by atoms with Gasteiger partial charge in [-0.1, -0.05) is 27.7 Å². The molecule has 1 aliphatic rings. The summed E-state index contributed by atoms with van der Waals surface area (Å²) < 4.78 is 4.67. The number of anilines is 1. The van der Waals surface area contributed by atoms with Gasteiger partial charge in [-0.05, 0) is 13.3 Å². The van der Waals surface area contributed by atoms with Crippen LogP contribution >= 0.6 is 0 Å². The molecule has 25 heavy (non-hydrogen) atoms. The maximum atomic E-state index is 13.0. The second kappa shape index (κ2) is 5.86. The molecule has 0 saturated carbocycles. The van der Waals surface area contributed by atoms with Crippen molar-refractivity contribution in [2.75, 3.05) is 11.6 Å². The number of fused-ring (bicyclic) bond motifs is 3. The summed E-state index contributed by atoms with van der Waals surface area (Å²) in [5.74, 6) is 0.617. The van der Waals surface area contributed by atoms with Gasteiger partial charge in [0, 0.05) is 25.6 Å². The fraction of sp³-hybridized carbons (Fsp3) is 0.647. The third-order valence-corrected chi connectivity index (χ3v) is 4.60. The molecule has 0 amide bonds. The van der Waals surface area contributed by atoms with Gasteiger partial charge in [-0.3, -0.25) is 18.5 Å². The Morgan fingerprint density at radius 3 is 2.40 bits per heavy atom. The van der Waals surface area contributed by atoms with E-state index in [1.165, 1.54) is 9.13 Å². The molecular formula is C17H26N6O2. The number of aryl methyl sites for hydroxylation is 1. The van der Waals surface area contributed by atoms with Gasteiger partial charge in [0.25, 0.3) is 5.56 Å². The molecule has 0 N–H and O–H groups in total. The quantitative estimate of drug-likeness (QED) is 0.845. The Kier molecular flexibility index (Phi) is 4.09. The van der Waals surface area contributed by atoms with E-state index in [2.05, 4.69) is 25.8 Å². The first-order valence-corrected chi connectivity index (χ1v) is 8.76. The average Bonchev–Trinajstić information content (AvgIpc) is 2.94. The van der Waals surface area contributed by atoms with Crippen LogP contribution in [0.1, 0.15) is 41.0 Å². The van der Waals surface area contributed by atoms with Crippen LogP contribution in [0.2, 0.25) is 0 Å². The van der Waals surface area contributed by atoms with Gasteiger partial charge < -0.3 is 0 Å². The van der Waals surface area contributed by atoms with E-state index in [9.17, 15) is 9.59 Å². The van der Waals surface area contributed by atoms with Crippen molar-refractivity contribution in [1.82, 2.24) is 18.7 Å². The minimum atomic E-state index is -0.324. The van der Waals surface area contributed by atoms with E-state index in [-0.39, 0.29) is 16.7 Å². The highest BCUT2D eigenvalue weighted by Gasteiger charge is 2.31. The summed E-state index contributed by atoms with van der Waals surface area (Å²) in [5.41, 5.74) is 1.16. The Morgan fingerprint density at radius 1 is 1.16 bits per heavy atom. The molecular weight excluding hydrogens is 320 g/mol. The molecule has 0 saturated heterocycles. The van der Waals surface area contributed by atoms with Crippen molar-refractivity contribution in [2.24, 2.45) is 17.6 Å². The average molecular weight is 346 g/mol. The van der Waals surface area contributed by atoms with Gasteiger partial charge in [-0.25, -0.2) is 9.80 Å². The second-order valence-electron chi connectivity index (χ2n) is 7.48. The van der Waals surface area contributed by atoms with Gasteiger partial charge in [-0.2, -0.15) is 10.1 Å². The largest absolute Gasteiger partial charge is 0.332 e. The van der Waals surface area contributed by atoms with Gasteiger partial charge in [0.2, 0.25) is 5.95 Å². The molecule has 2 aromatic rings. The maximum absolute atomic E-state index is 13.0. The summed E-state index contributed by atoms with van der Waals surface area (Å²) in [7, 11) is 1.66. The van der Waals surface area contributed by atoms with Gasteiger partial charge in [0.1, 0.15) is 0 Å². The van der Waals surface area contributed by atoms with Crippen molar-refractivity contribution < 1.29 is 0 Å². The Labute approximate surface area is 146 Å². The summed E-state index contributed by atoms with van der Waals surface area (Å²) in [6.45, 7) is 11.8. The zero-order chi connectivity index (χ0) is 18.5. The van der Waals surface area contributed by atoms with Crippen LogP contribution in [0, 0.1) is 5.41 Å². The van der Waals surface area contributed by atoms with Crippen molar-refractivity contribution in [3.63, 3.8) is 0 Å². The van der Waals surface area contributed by atoms with Crippen molar-refractivity contribution >= 4 is 22.8 Å². The number of hydrogen-bond acceptors (Lipinski definition) is 5. The standard InChI is InChI=1S/C17H26N6O2/c1-7-9-21-14(24)12-13(20(6)16(21)25)18-15-22(12)10-11(17(3,4)5)19-23(15)8-2/h7-10H2,1-6H3. The number of aromatic nitrogens is 4. The predicted molar refractivity (Wildman–Crippen MR) is 99.4 cm³/mol. The van der Waals surface area contributed by atoms with Crippen molar-refractivity contribution in [1.29, 1.82) is 0 Å². The third-order valence-electron chi connectivity index (χ3n) is 4.60. The van der Waals surface area contributed by atoms with E-state index in [1.807, 2.05) is 18.4 Å². The van der Waals surface area contributed by atoms with E-state index in [0.29, 0.717) is 36.7 Å². The van der Waals surface area contributed by atoms with E-state index < -0.39 is 0 Å². The number of imidazole rings is 1. The zero-order valence-corrected chi connectivity index (χ0v) is 15.8. The number of rotatable bonds is 3. The first-order chi connectivity index (χ1) is 11.7. The summed E-state index contributed by atoms with van der Waals surface area (Å²) in [6, 6.07) is 0. The smallest absolute Gasteiger partial charge is 0.297 e. The van der Waals surface area contributed by atoms with Crippen LogP contribution in [0.5, 0.6) is 0 Å². The van der Waals surface area contributed by atoms with Crippen LogP contribution in [0.25, 0.3) is 11.2 Å². The summed E-state index contributed by atoms with van der Waals surface area (Å²) in [5, 5.41) is 6.52. The molecule has 0 fully saturated rings. The Hall–Kier alpha value is -2.38. The molecule has 8 nitrogen and oxygen atoms in total. The lowest BCUT2D eigenvalue weighted by Gasteiger charge is -2.30. The van der Waals surface area contributed by atoms with E-state index in [0.717, 1.165) is 12.1 Å². The number of hydrogen-bond donors (Lipinski definition) is 0. The van der Waals surface area contributed by atoms with Gasteiger partial charge in [0.05, 0.1) is 12.3 Å². The lowest BCUT2D eigenvalue weighted by Crippen LogP contribution is -2.40. The SMILES string of the molecule is CCCn1c(=O)c2c(nc3n2CC(C(C)(C)C)=NN3CC)n(C)c1=O. The van der Waals surface area contributed by atoms with E-state index in [4.69, 9.17) is 5.10 Å². The molecule has 0 bridgehead atoms. The molecule has 3 rings (SSSR count). The maximum Gasteiger partial charge on any atom is 0.332 e. The first-order valence-electron chi connectivity index (χ1n) is 8.76. The predicted octanol–water partition coefficient (Wildman–Crippen LogP) is 1.55. The minimum absolute atomic E-state index is 0.120. The monoisotopic (exact) mass is 346 g/mol. The summed E-state index contributed by atoms with van der Waals surface area (Å²) >= 11 is 0. The van der Waals surface area contributed by atoms with Crippen LogP contribution < -0.4 is 16.3 Å². The summed E-state index contributed by atoms with van der Waals surface area (Å²) in [4.78, 5) is 30.1. The molecule has 0 atom stereocenters. The Balaban J connectivity index is 2.35. The molecule has 3 heterocycles. The number of hydrazone groups is 1. The fourth-order valence-corrected chi connectivity index (χ4v) is 3.10. The Bertz CT molecular complexity index is 970. The van der Waals surface area contributed by atoms with Gasteiger partial charge in [-0.15, -0.1) is 0 Å². The van der Waals surface area contributed by atoms with Crippen LogP contribution in [-0.4, -0.2) is 30.9 Å². The molecule has 136 valence electrons. The van der Waals surface area contributed by atoms with Crippen molar-refractivity contribution in [2.45, 2.75) is 54.1 Å². The zero-order valence-electron chi connectivity index (χ0n) is 15.8. The molecule has 2 aromatic heterocycles. The highest BCUT2D eigenvalue weighted by molar-refractivity contribution is 5.93. The molecule has 8 heteroatoms. The van der Waals surface area contributed by atoms with Crippen molar-refractivity contribution in [3.05, 3.63) is 20.8 Å². The molecule has 0 unspecified atom stereocenters. The Morgan fingerprint density at radius 2 is 1.84 bits per heavy atom. The normalized spacial score (nSPS) is 14.8. The minimum Gasteiger partial charge on any atom is -0.297 e. The van der Waals surface area contributed by atoms with Gasteiger partial charge >= 0.3 is 5.69 Å². The van der Waals surface area contributed by atoms with Crippen LogP contribution in [0.4, 0.5) is 5.95 Å². The highest BCUT2D eigenvalue weighted by atomic mass is 16.2. The fourth-order valence-electron chi connectivity index (χ4n) is 3.10. The van der Waals surface area contributed by atoms with Crippen molar-refractivity contribution in [3.8, 4) is 0 Å². The van der Waals surface area contributed by atoms with E-state index >= 15 is 0 Å². The third kappa shape index (κ3) is 2.60. The number of nitrogens with zero attached hydrogens (tertiary/aromatic N) is 6.